The van der Waals surface area contributed by atoms with Crippen molar-refractivity contribution in [2.75, 3.05) is 43.9 Å². The first-order valence-corrected chi connectivity index (χ1v) is 10.5. The number of para-hydroxylation sites is 1. The Labute approximate surface area is 176 Å². The van der Waals surface area contributed by atoms with Gasteiger partial charge in [-0.3, -0.25) is 0 Å². The highest BCUT2D eigenvalue weighted by Gasteiger charge is 2.24. The number of rotatable bonds is 2. The summed E-state index contributed by atoms with van der Waals surface area (Å²) in [5.74, 6) is -0.0921. The van der Waals surface area contributed by atoms with Gasteiger partial charge in [0.25, 0.3) is 0 Å². The van der Waals surface area contributed by atoms with Crippen LogP contribution in [0.15, 0.2) is 36.4 Å². The number of hydrogen-bond donors (Lipinski definition) is 1. The van der Waals surface area contributed by atoms with Gasteiger partial charge in [-0.1, -0.05) is 29.8 Å². The average molecular weight is 428 g/mol. The minimum absolute atomic E-state index is 0.319. The van der Waals surface area contributed by atoms with Crippen LogP contribution in [-0.4, -0.2) is 47.5 Å². The van der Waals surface area contributed by atoms with Crippen molar-refractivity contribution < 1.29 is 4.39 Å². The van der Waals surface area contributed by atoms with Gasteiger partial charge in [-0.25, -0.2) is 9.37 Å². The molecule has 0 amide bonds. The van der Waals surface area contributed by atoms with Crippen LogP contribution in [0, 0.1) is 5.82 Å². The number of nitrogen functional groups attached to an aromatic ring is 1. The van der Waals surface area contributed by atoms with Gasteiger partial charge in [0.1, 0.15) is 16.3 Å². The van der Waals surface area contributed by atoms with Crippen molar-refractivity contribution in [3.05, 3.63) is 47.2 Å². The summed E-state index contributed by atoms with van der Waals surface area (Å²) in [5.41, 5.74) is 7.99. The van der Waals surface area contributed by atoms with Gasteiger partial charge >= 0.3 is 0 Å². The fourth-order valence-electron chi connectivity index (χ4n) is 3.89. The number of pyridine rings is 1. The zero-order valence-electron chi connectivity index (χ0n) is 15.8. The predicted molar refractivity (Wildman–Crippen MR) is 119 cm³/mol. The molecule has 1 aliphatic rings. The molecule has 2 N–H and O–H groups in total. The number of anilines is 2. The summed E-state index contributed by atoms with van der Waals surface area (Å²) >= 11 is 7.96. The minimum Gasteiger partial charge on any atom is -0.384 e. The van der Waals surface area contributed by atoms with E-state index in [0.29, 0.717) is 33.0 Å². The van der Waals surface area contributed by atoms with Crippen LogP contribution in [0.25, 0.3) is 32.9 Å². The second kappa shape index (κ2) is 7.09. The molecule has 2 aromatic carbocycles. The molecule has 0 saturated carbocycles. The lowest BCUT2D eigenvalue weighted by Gasteiger charge is -2.33. The largest absolute Gasteiger partial charge is 0.384 e. The molecule has 8 heteroatoms. The van der Waals surface area contributed by atoms with Crippen molar-refractivity contribution >= 4 is 55.8 Å². The molecule has 1 aliphatic heterocycles. The van der Waals surface area contributed by atoms with E-state index >= 15 is 4.39 Å². The van der Waals surface area contributed by atoms with Crippen molar-refractivity contribution in [2.45, 2.75) is 0 Å². The van der Waals surface area contributed by atoms with Crippen molar-refractivity contribution in [2.24, 2.45) is 0 Å². The fourth-order valence-corrected chi connectivity index (χ4v) is 5.09. The average Bonchev–Trinajstić information content (AvgIpc) is 3.12. The number of benzene rings is 2. The summed E-state index contributed by atoms with van der Waals surface area (Å²) in [6.07, 6.45) is 0. The van der Waals surface area contributed by atoms with Crippen LogP contribution < -0.4 is 10.6 Å². The Hall–Kier alpha value is -2.48. The van der Waals surface area contributed by atoms with Crippen LogP contribution >= 0.6 is 23.1 Å². The van der Waals surface area contributed by atoms with Gasteiger partial charge in [-0.15, -0.1) is 0 Å². The lowest BCUT2D eigenvalue weighted by molar-refractivity contribution is 0.313. The molecule has 4 aromatic rings. The summed E-state index contributed by atoms with van der Waals surface area (Å²) in [6.45, 7) is 3.71. The van der Waals surface area contributed by atoms with Crippen molar-refractivity contribution in [3.63, 3.8) is 0 Å². The summed E-state index contributed by atoms with van der Waals surface area (Å²) in [5, 5.41) is 2.88. The first kappa shape index (κ1) is 18.5. The Balaban J connectivity index is 1.70. The number of likely N-dealkylation sites (N-methyl/N-ethyl adjacent to an activating group) is 1. The second-order valence-corrected chi connectivity index (χ2v) is 8.49. The van der Waals surface area contributed by atoms with Crippen molar-refractivity contribution in [3.8, 4) is 11.1 Å². The smallest absolute Gasteiger partial charge is 0.159 e. The molecule has 0 atom stereocenters. The Bertz CT molecular complexity index is 1230. The van der Waals surface area contributed by atoms with Gasteiger partial charge in [-0.2, -0.15) is 4.37 Å². The molecule has 148 valence electrons. The highest BCUT2D eigenvalue weighted by Crippen LogP contribution is 2.43. The van der Waals surface area contributed by atoms with E-state index < -0.39 is 5.82 Å². The van der Waals surface area contributed by atoms with Gasteiger partial charge in [0, 0.05) is 42.5 Å². The molecule has 5 nitrogen and oxygen atoms in total. The number of aromatic nitrogens is 2. The highest BCUT2D eigenvalue weighted by molar-refractivity contribution is 7.11. The van der Waals surface area contributed by atoms with E-state index in [0.717, 1.165) is 42.0 Å². The summed E-state index contributed by atoms with van der Waals surface area (Å²) in [7, 11) is 2.11. The van der Waals surface area contributed by atoms with Crippen LogP contribution in [-0.2, 0) is 0 Å². The highest BCUT2D eigenvalue weighted by atomic mass is 35.5. The quantitative estimate of drug-likeness (QED) is 0.505. The number of nitrogens with zero attached hydrogens (tertiary/aromatic N) is 4. The van der Waals surface area contributed by atoms with Crippen LogP contribution in [0.1, 0.15) is 0 Å². The Morgan fingerprint density at radius 1 is 1.10 bits per heavy atom. The maximum Gasteiger partial charge on any atom is 0.159 e. The third-order valence-corrected chi connectivity index (χ3v) is 6.67. The minimum atomic E-state index is -0.417. The predicted octanol–water partition coefficient (Wildman–Crippen LogP) is 4.64. The van der Waals surface area contributed by atoms with Gasteiger partial charge in [-0.05, 0) is 42.3 Å². The van der Waals surface area contributed by atoms with Crippen molar-refractivity contribution in [1.82, 2.24) is 14.3 Å². The third-order valence-electron chi connectivity index (χ3n) is 5.44. The summed E-state index contributed by atoms with van der Waals surface area (Å²) in [6, 6.07) is 11.0. The summed E-state index contributed by atoms with van der Waals surface area (Å²) < 4.78 is 20.1. The molecule has 1 fully saturated rings. The van der Waals surface area contributed by atoms with Gasteiger partial charge in [0.2, 0.25) is 0 Å². The normalized spacial score (nSPS) is 15.5. The van der Waals surface area contributed by atoms with E-state index in [1.807, 2.05) is 30.3 Å². The molecule has 0 aliphatic carbocycles. The van der Waals surface area contributed by atoms with Crippen LogP contribution in [0.3, 0.4) is 0 Å². The first-order chi connectivity index (χ1) is 14.0. The Morgan fingerprint density at radius 3 is 2.66 bits per heavy atom. The lowest BCUT2D eigenvalue weighted by Crippen LogP contribution is -2.44. The fraction of sp³-hybridized carbons (Fsp3) is 0.238. The van der Waals surface area contributed by atoms with E-state index in [9.17, 15) is 0 Å². The van der Waals surface area contributed by atoms with Gasteiger partial charge < -0.3 is 15.5 Å². The van der Waals surface area contributed by atoms with E-state index in [1.54, 1.807) is 6.07 Å². The number of halogens is 2. The zero-order chi connectivity index (χ0) is 20.1. The van der Waals surface area contributed by atoms with Crippen LogP contribution in [0.4, 0.5) is 15.2 Å². The molecule has 5 rings (SSSR count). The van der Waals surface area contributed by atoms with E-state index in [4.69, 9.17) is 17.3 Å². The van der Waals surface area contributed by atoms with Crippen LogP contribution in [0.5, 0.6) is 0 Å². The molecule has 0 unspecified atom stereocenters. The number of nitrogens with two attached hydrogens (primary N) is 1. The second-order valence-electron chi connectivity index (χ2n) is 7.33. The molecule has 2 aromatic heterocycles. The Kier molecular flexibility index (Phi) is 4.53. The van der Waals surface area contributed by atoms with E-state index in [-0.39, 0.29) is 0 Å². The number of hydrogen-bond acceptors (Lipinski definition) is 6. The third kappa shape index (κ3) is 3.10. The first-order valence-electron chi connectivity index (χ1n) is 9.39. The standard InChI is InChI=1S/C21H19ClFN5S/c1-27-6-8-28(9-7-27)21-14-10-15(22)18(19(23)20(14)26-29-21)13-11-17(24)25-16-5-3-2-4-12(13)16/h2-5,10-11H,6-9H2,1H3,(H2,24,25). The molecule has 0 bridgehead atoms. The molecule has 1 saturated heterocycles. The molecule has 29 heavy (non-hydrogen) atoms. The van der Waals surface area contributed by atoms with Gasteiger partial charge in [0.05, 0.1) is 10.5 Å². The maximum absolute atomic E-state index is 15.7. The Morgan fingerprint density at radius 2 is 1.86 bits per heavy atom. The maximum atomic E-state index is 15.7. The topological polar surface area (TPSA) is 58.3 Å². The molecule has 0 spiro atoms. The van der Waals surface area contributed by atoms with E-state index in [1.165, 1.54) is 11.5 Å². The van der Waals surface area contributed by atoms with Gasteiger partial charge in [0.15, 0.2) is 5.82 Å². The van der Waals surface area contributed by atoms with Crippen molar-refractivity contribution in [1.29, 1.82) is 0 Å². The molecule has 3 heterocycles. The molecular formula is C21H19ClFN5S. The number of piperazine rings is 1. The molecule has 0 radical (unpaired) electrons. The SMILES string of the molecule is CN1CCN(c2snc3c(F)c(-c4cc(N)nc5ccccc45)c(Cl)cc23)CC1. The summed E-state index contributed by atoms with van der Waals surface area (Å²) in [4.78, 5) is 8.88. The number of fused-ring (bicyclic) bond motifs is 2. The van der Waals surface area contributed by atoms with E-state index in [2.05, 4.69) is 26.2 Å². The zero-order valence-corrected chi connectivity index (χ0v) is 17.4. The van der Waals surface area contributed by atoms with Crippen LogP contribution in [0.2, 0.25) is 5.02 Å². The lowest BCUT2D eigenvalue weighted by atomic mass is 9.99. The monoisotopic (exact) mass is 427 g/mol. The molecular weight excluding hydrogens is 409 g/mol.